The maximum atomic E-state index is 13.9. The number of fused-ring (bicyclic) bond motifs is 1. The summed E-state index contributed by atoms with van der Waals surface area (Å²) in [4.78, 5) is 16.8. The molecule has 0 unspecified atom stereocenters. The van der Waals surface area contributed by atoms with Gasteiger partial charge in [0.1, 0.15) is 23.1 Å². The van der Waals surface area contributed by atoms with E-state index in [1.54, 1.807) is 32.5 Å². The average molecular weight is 579 g/mol. The zero-order valence-electron chi connectivity index (χ0n) is 24.6. The van der Waals surface area contributed by atoms with Gasteiger partial charge in [-0.15, -0.1) is 0 Å². The number of likely N-dealkylation sites (N-methyl/N-ethyl adjacent to an activating group) is 1. The molecule has 0 fully saturated rings. The second-order valence-electron chi connectivity index (χ2n) is 10.8. The molecular formula is C34H35FN6O2. The quantitative estimate of drug-likeness (QED) is 0.195. The molecular weight excluding hydrogens is 543 g/mol. The summed E-state index contributed by atoms with van der Waals surface area (Å²) in [5, 5.41) is 3.35. The average Bonchev–Trinajstić information content (AvgIpc) is 3.60. The number of benzene rings is 3. The zero-order chi connectivity index (χ0) is 29.8. The van der Waals surface area contributed by atoms with Gasteiger partial charge in [0.2, 0.25) is 5.95 Å². The topological polar surface area (TPSA) is 77.3 Å². The second kappa shape index (κ2) is 12.6. The molecule has 0 saturated heterocycles. The molecule has 6 rings (SSSR count). The molecule has 2 aromatic heterocycles. The van der Waals surface area contributed by atoms with Crippen molar-refractivity contribution in [3.63, 3.8) is 0 Å². The van der Waals surface area contributed by atoms with Gasteiger partial charge in [0.25, 0.3) is 0 Å². The van der Waals surface area contributed by atoms with Gasteiger partial charge in [0, 0.05) is 43.9 Å². The molecule has 9 heteroatoms. The first-order chi connectivity index (χ1) is 21.0. The predicted octanol–water partition coefficient (Wildman–Crippen LogP) is 6.39. The monoisotopic (exact) mass is 578 g/mol. The van der Waals surface area contributed by atoms with Crippen molar-refractivity contribution >= 4 is 5.95 Å². The first-order valence-electron chi connectivity index (χ1n) is 14.4. The Morgan fingerprint density at radius 3 is 2.49 bits per heavy atom. The summed E-state index contributed by atoms with van der Waals surface area (Å²) in [6, 6.07) is 24.7. The van der Waals surface area contributed by atoms with Gasteiger partial charge in [-0.25, -0.2) is 19.3 Å². The Morgan fingerprint density at radius 1 is 0.930 bits per heavy atom. The van der Waals surface area contributed by atoms with E-state index in [1.165, 1.54) is 17.7 Å². The Morgan fingerprint density at radius 2 is 1.72 bits per heavy atom. The van der Waals surface area contributed by atoms with Crippen LogP contribution in [-0.4, -0.2) is 52.2 Å². The van der Waals surface area contributed by atoms with E-state index in [1.807, 2.05) is 42.5 Å². The molecule has 5 aromatic rings. The fourth-order valence-electron chi connectivity index (χ4n) is 5.71. The maximum Gasteiger partial charge on any atom is 0.223 e. The number of aromatic nitrogens is 4. The van der Waals surface area contributed by atoms with E-state index in [2.05, 4.69) is 38.9 Å². The normalized spacial score (nSPS) is 14.1. The van der Waals surface area contributed by atoms with Crippen molar-refractivity contribution in [2.75, 3.05) is 33.1 Å². The Bertz CT molecular complexity index is 1690. The first-order valence-corrected chi connectivity index (χ1v) is 14.4. The minimum atomic E-state index is -0.277. The largest absolute Gasteiger partial charge is 0.497 e. The van der Waals surface area contributed by atoms with Crippen molar-refractivity contribution in [1.29, 1.82) is 0 Å². The van der Waals surface area contributed by atoms with Crippen LogP contribution in [0.15, 0.2) is 85.1 Å². The van der Waals surface area contributed by atoms with Gasteiger partial charge in [-0.05, 0) is 79.2 Å². The highest BCUT2D eigenvalue weighted by atomic mass is 19.1. The van der Waals surface area contributed by atoms with Gasteiger partial charge < -0.3 is 24.3 Å². The SMILES string of the molecule is COc1ccc(CNc2nccc(-c3c(-c4ccc(F)cc4)nc4n3[C@H](CN(C)Cc3cccc(OC)c3)CC4)n2)cc1. The summed E-state index contributed by atoms with van der Waals surface area (Å²) in [5.74, 6) is 2.93. The summed E-state index contributed by atoms with van der Waals surface area (Å²) >= 11 is 0. The molecule has 3 heterocycles. The minimum absolute atomic E-state index is 0.202. The number of imidazole rings is 1. The van der Waals surface area contributed by atoms with Crippen LogP contribution in [0.3, 0.4) is 0 Å². The van der Waals surface area contributed by atoms with Gasteiger partial charge in [0.15, 0.2) is 0 Å². The molecule has 0 bridgehead atoms. The maximum absolute atomic E-state index is 13.9. The number of hydrogen-bond donors (Lipinski definition) is 1. The molecule has 1 N–H and O–H groups in total. The van der Waals surface area contributed by atoms with Crippen LogP contribution in [0.25, 0.3) is 22.6 Å². The van der Waals surface area contributed by atoms with Crippen molar-refractivity contribution in [3.8, 4) is 34.1 Å². The zero-order valence-corrected chi connectivity index (χ0v) is 24.6. The number of nitrogens with one attached hydrogen (secondary N) is 1. The molecule has 0 spiro atoms. The molecule has 0 radical (unpaired) electrons. The molecule has 220 valence electrons. The standard InChI is InChI=1S/C34H35FN6O2/c1-40(21-24-5-4-6-29(19-24)43-3)22-27-13-16-31-39-32(25-9-11-26(35)12-10-25)33(41(27)31)30-17-18-36-34(38-30)37-20-23-7-14-28(42-2)15-8-23/h4-12,14-15,17-19,27H,13,16,20-22H2,1-3H3,(H,36,37,38)/t27-/m0/s1. The Balaban J connectivity index is 1.30. The van der Waals surface area contributed by atoms with E-state index >= 15 is 0 Å². The fourth-order valence-corrected chi connectivity index (χ4v) is 5.71. The van der Waals surface area contributed by atoms with Crippen LogP contribution in [0.2, 0.25) is 0 Å². The van der Waals surface area contributed by atoms with Crippen LogP contribution >= 0.6 is 0 Å². The number of hydrogen-bond acceptors (Lipinski definition) is 7. The van der Waals surface area contributed by atoms with E-state index < -0.39 is 0 Å². The summed E-state index contributed by atoms with van der Waals surface area (Å²) in [6.07, 6.45) is 3.61. The molecule has 1 atom stereocenters. The number of aryl methyl sites for hydroxylation is 1. The molecule has 1 aliphatic heterocycles. The summed E-state index contributed by atoms with van der Waals surface area (Å²) in [7, 11) is 5.49. The number of nitrogens with zero attached hydrogens (tertiary/aromatic N) is 5. The molecule has 0 saturated carbocycles. The highest BCUT2D eigenvalue weighted by molar-refractivity contribution is 5.78. The van der Waals surface area contributed by atoms with E-state index in [9.17, 15) is 4.39 Å². The molecule has 43 heavy (non-hydrogen) atoms. The lowest BCUT2D eigenvalue weighted by atomic mass is 10.1. The van der Waals surface area contributed by atoms with Gasteiger partial charge in [-0.3, -0.25) is 0 Å². The van der Waals surface area contributed by atoms with Gasteiger partial charge in [-0.1, -0.05) is 24.3 Å². The van der Waals surface area contributed by atoms with E-state index in [0.717, 1.165) is 71.5 Å². The summed E-state index contributed by atoms with van der Waals surface area (Å²) in [5.41, 5.74) is 5.64. The molecule has 1 aliphatic rings. The number of halogens is 1. The van der Waals surface area contributed by atoms with Crippen molar-refractivity contribution in [2.45, 2.75) is 32.0 Å². The van der Waals surface area contributed by atoms with Crippen molar-refractivity contribution < 1.29 is 13.9 Å². The number of methoxy groups -OCH3 is 2. The second-order valence-corrected chi connectivity index (χ2v) is 10.8. The van der Waals surface area contributed by atoms with E-state index in [0.29, 0.717) is 12.5 Å². The van der Waals surface area contributed by atoms with Crippen molar-refractivity contribution in [2.24, 2.45) is 0 Å². The Labute approximate surface area is 251 Å². The van der Waals surface area contributed by atoms with Crippen molar-refractivity contribution in [1.82, 2.24) is 24.4 Å². The smallest absolute Gasteiger partial charge is 0.223 e. The number of ether oxygens (including phenoxy) is 2. The minimum Gasteiger partial charge on any atom is -0.497 e. The van der Waals surface area contributed by atoms with Crippen LogP contribution in [0, 0.1) is 5.82 Å². The Hall–Kier alpha value is -4.76. The molecule has 0 amide bonds. The van der Waals surface area contributed by atoms with Crippen LogP contribution < -0.4 is 14.8 Å². The summed E-state index contributed by atoms with van der Waals surface area (Å²) < 4.78 is 26.9. The molecule has 8 nitrogen and oxygen atoms in total. The fraction of sp³-hybridized carbons (Fsp3) is 0.265. The van der Waals surface area contributed by atoms with Crippen LogP contribution in [-0.2, 0) is 19.5 Å². The van der Waals surface area contributed by atoms with Crippen molar-refractivity contribution in [3.05, 3.63) is 108 Å². The van der Waals surface area contributed by atoms with Gasteiger partial charge in [-0.2, -0.15) is 0 Å². The third-order valence-electron chi connectivity index (χ3n) is 7.79. The third-order valence-corrected chi connectivity index (χ3v) is 7.79. The first kappa shape index (κ1) is 28.4. The predicted molar refractivity (Wildman–Crippen MR) is 166 cm³/mol. The third kappa shape index (κ3) is 6.36. The van der Waals surface area contributed by atoms with Crippen LogP contribution in [0.4, 0.5) is 10.3 Å². The highest BCUT2D eigenvalue weighted by Crippen LogP contribution is 2.39. The lowest BCUT2D eigenvalue weighted by Gasteiger charge is -2.24. The van der Waals surface area contributed by atoms with Crippen LogP contribution in [0.5, 0.6) is 11.5 Å². The van der Waals surface area contributed by atoms with Gasteiger partial charge in [0.05, 0.1) is 31.3 Å². The number of anilines is 1. The van der Waals surface area contributed by atoms with Gasteiger partial charge >= 0.3 is 0 Å². The van der Waals surface area contributed by atoms with Crippen LogP contribution in [0.1, 0.15) is 29.4 Å². The highest BCUT2D eigenvalue weighted by Gasteiger charge is 2.31. The lowest BCUT2D eigenvalue weighted by Crippen LogP contribution is -2.26. The van der Waals surface area contributed by atoms with E-state index in [4.69, 9.17) is 19.4 Å². The number of rotatable bonds is 11. The van der Waals surface area contributed by atoms with E-state index in [-0.39, 0.29) is 11.9 Å². The molecule has 3 aromatic carbocycles. The Kier molecular flexibility index (Phi) is 8.33. The lowest BCUT2D eigenvalue weighted by molar-refractivity contribution is 0.273. The molecule has 0 aliphatic carbocycles. The summed E-state index contributed by atoms with van der Waals surface area (Å²) in [6.45, 7) is 2.20.